The van der Waals surface area contributed by atoms with Crippen LogP contribution in [0.3, 0.4) is 0 Å². The van der Waals surface area contributed by atoms with E-state index < -0.39 is 38.2 Å². The predicted octanol–water partition coefficient (Wildman–Crippen LogP) is 7.39. The summed E-state index contributed by atoms with van der Waals surface area (Å²) in [4.78, 5) is 0.375. The van der Waals surface area contributed by atoms with E-state index in [-0.39, 0.29) is 29.2 Å². The maximum absolute atomic E-state index is 14.7. The van der Waals surface area contributed by atoms with E-state index >= 15 is 0 Å². The van der Waals surface area contributed by atoms with Gasteiger partial charge in [0.05, 0.1) is 40.3 Å². The summed E-state index contributed by atoms with van der Waals surface area (Å²) >= 11 is 3.42. The SMILES string of the molecule is CCOC1=C2CN(S(=O)(=O)c3ccc(C)cc3)C(c3ccccc3)C[C@@H]2N(S(=O)(=O)c2ccc(Br)cc2)C(c2ccccc2)C1. The number of benzene rings is 4. The molecule has 0 bridgehead atoms. The van der Waals surface area contributed by atoms with Crippen LogP contribution in [0.1, 0.15) is 48.5 Å². The fourth-order valence-electron chi connectivity index (χ4n) is 6.40. The van der Waals surface area contributed by atoms with Crippen molar-refractivity contribution >= 4 is 36.0 Å². The molecule has 7 nitrogen and oxygen atoms in total. The number of rotatable bonds is 8. The first-order chi connectivity index (χ1) is 21.6. The van der Waals surface area contributed by atoms with Gasteiger partial charge in [-0.3, -0.25) is 0 Å². The lowest BCUT2D eigenvalue weighted by Crippen LogP contribution is -2.54. The zero-order valence-electron chi connectivity index (χ0n) is 25.1. The minimum absolute atomic E-state index is 0.00361. The Bertz CT molecular complexity index is 1900. The first kappa shape index (κ1) is 31.7. The lowest BCUT2D eigenvalue weighted by Gasteiger charge is -2.49. The normalized spacial score (nSPS) is 21.4. The predicted molar refractivity (Wildman–Crippen MR) is 178 cm³/mol. The second kappa shape index (κ2) is 12.8. The molecular weight excluding hydrogens is 672 g/mol. The number of sulfonamides is 2. The molecule has 4 aromatic carbocycles. The zero-order valence-corrected chi connectivity index (χ0v) is 28.3. The number of halogens is 1. The van der Waals surface area contributed by atoms with Crippen LogP contribution in [0.2, 0.25) is 0 Å². The van der Waals surface area contributed by atoms with Crippen molar-refractivity contribution in [3.05, 3.63) is 142 Å². The highest BCUT2D eigenvalue weighted by molar-refractivity contribution is 9.10. The van der Waals surface area contributed by atoms with Gasteiger partial charge in [-0.2, -0.15) is 8.61 Å². The minimum Gasteiger partial charge on any atom is -0.498 e. The number of ether oxygens (including phenoxy) is 1. The van der Waals surface area contributed by atoms with Crippen LogP contribution in [-0.4, -0.2) is 44.6 Å². The Kier molecular flexibility index (Phi) is 9.05. The van der Waals surface area contributed by atoms with E-state index in [2.05, 4.69) is 15.9 Å². The van der Waals surface area contributed by atoms with Crippen LogP contribution in [0.5, 0.6) is 0 Å². The summed E-state index contributed by atoms with van der Waals surface area (Å²) in [7, 11) is -8.02. The van der Waals surface area contributed by atoms with Gasteiger partial charge in [-0.15, -0.1) is 0 Å². The van der Waals surface area contributed by atoms with E-state index in [1.54, 1.807) is 52.8 Å². The van der Waals surface area contributed by atoms with E-state index in [1.165, 1.54) is 4.31 Å². The molecule has 10 heteroatoms. The van der Waals surface area contributed by atoms with Crippen LogP contribution in [-0.2, 0) is 24.8 Å². The van der Waals surface area contributed by atoms with Gasteiger partial charge >= 0.3 is 0 Å². The largest absolute Gasteiger partial charge is 0.498 e. The average Bonchev–Trinajstić information content (AvgIpc) is 3.05. The number of fused-ring (bicyclic) bond motifs is 1. The van der Waals surface area contributed by atoms with Crippen molar-refractivity contribution in [2.24, 2.45) is 0 Å². The average molecular weight is 708 g/mol. The number of hydrogen-bond acceptors (Lipinski definition) is 5. The molecule has 4 aromatic rings. The van der Waals surface area contributed by atoms with Gasteiger partial charge in [-0.1, -0.05) is 94.3 Å². The molecule has 1 fully saturated rings. The zero-order chi connectivity index (χ0) is 31.8. The molecule has 2 heterocycles. The first-order valence-corrected chi connectivity index (χ1v) is 18.6. The van der Waals surface area contributed by atoms with Gasteiger partial charge in [0.25, 0.3) is 0 Å². The van der Waals surface area contributed by atoms with Crippen LogP contribution >= 0.6 is 15.9 Å². The molecule has 45 heavy (non-hydrogen) atoms. The summed E-state index contributed by atoms with van der Waals surface area (Å²) in [5, 5.41) is 0. The van der Waals surface area contributed by atoms with Crippen molar-refractivity contribution < 1.29 is 21.6 Å². The highest BCUT2D eigenvalue weighted by Gasteiger charge is 2.51. The fraction of sp³-hybridized carbons (Fsp3) is 0.257. The van der Waals surface area contributed by atoms with Gasteiger partial charge in [-0.05, 0) is 67.8 Å². The summed E-state index contributed by atoms with van der Waals surface area (Å²) in [6.07, 6.45) is 0.508. The van der Waals surface area contributed by atoms with Crippen molar-refractivity contribution in [1.82, 2.24) is 8.61 Å². The number of aryl methyl sites for hydroxylation is 1. The van der Waals surface area contributed by atoms with E-state index in [4.69, 9.17) is 4.74 Å². The summed E-state index contributed by atoms with van der Waals surface area (Å²) in [6.45, 7) is 4.18. The maximum atomic E-state index is 14.7. The Hall–Kier alpha value is -3.28. The second-order valence-corrected chi connectivity index (χ2v) is 16.0. The van der Waals surface area contributed by atoms with Crippen molar-refractivity contribution in [2.45, 2.75) is 54.6 Å². The van der Waals surface area contributed by atoms with Crippen molar-refractivity contribution in [1.29, 1.82) is 0 Å². The van der Waals surface area contributed by atoms with E-state index in [0.29, 0.717) is 17.9 Å². The van der Waals surface area contributed by atoms with Crippen LogP contribution in [0.15, 0.2) is 135 Å². The molecule has 2 aliphatic rings. The maximum Gasteiger partial charge on any atom is 0.244 e. The topological polar surface area (TPSA) is 84.0 Å². The molecule has 2 aliphatic heterocycles. The molecule has 6 rings (SSSR count). The fourth-order valence-corrected chi connectivity index (χ4v) is 10.1. The monoisotopic (exact) mass is 706 g/mol. The van der Waals surface area contributed by atoms with E-state index in [9.17, 15) is 16.8 Å². The highest BCUT2D eigenvalue weighted by Crippen LogP contribution is 2.49. The number of nitrogens with zero attached hydrogens (tertiary/aromatic N) is 2. The summed E-state index contributed by atoms with van der Waals surface area (Å²) in [6, 6.07) is 30.8. The number of piperidine rings is 1. The Labute approximate surface area is 274 Å². The Morgan fingerprint density at radius 2 is 1.24 bits per heavy atom. The molecule has 2 unspecified atom stereocenters. The van der Waals surface area contributed by atoms with Gasteiger partial charge in [0.1, 0.15) is 0 Å². The van der Waals surface area contributed by atoms with Gasteiger partial charge < -0.3 is 4.74 Å². The van der Waals surface area contributed by atoms with Gasteiger partial charge in [0.15, 0.2) is 0 Å². The molecule has 0 N–H and O–H groups in total. The third-order valence-corrected chi connectivity index (χ3v) is 12.9. The minimum atomic E-state index is -4.05. The van der Waals surface area contributed by atoms with Gasteiger partial charge in [0.2, 0.25) is 20.0 Å². The molecule has 1 saturated heterocycles. The Balaban J connectivity index is 1.55. The summed E-state index contributed by atoms with van der Waals surface area (Å²) in [5.41, 5.74) is 3.28. The third kappa shape index (κ3) is 6.14. The Morgan fingerprint density at radius 3 is 1.82 bits per heavy atom. The molecule has 0 aromatic heterocycles. The molecule has 0 radical (unpaired) electrons. The van der Waals surface area contributed by atoms with Crippen LogP contribution in [0, 0.1) is 6.92 Å². The smallest absolute Gasteiger partial charge is 0.244 e. The van der Waals surface area contributed by atoms with Crippen molar-refractivity contribution in [3.8, 4) is 0 Å². The lowest BCUT2D eigenvalue weighted by molar-refractivity contribution is 0.118. The van der Waals surface area contributed by atoms with Gasteiger partial charge in [-0.25, -0.2) is 16.8 Å². The second-order valence-electron chi connectivity index (χ2n) is 11.3. The summed E-state index contributed by atoms with van der Waals surface area (Å²) in [5.74, 6) is 0.647. The molecule has 234 valence electrons. The van der Waals surface area contributed by atoms with Crippen LogP contribution < -0.4 is 0 Å². The third-order valence-electron chi connectivity index (χ3n) is 8.58. The standard InChI is InChI=1S/C35H35BrN2O5S2/c1-3-43-35-23-33(27-12-8-5-9-13-27)38(45(41,42)30-20-16-28(36)17-21-30)34-22-32(26-10-6-4-7-11-26)37(24-31(34)35)44(39,40)29-18-14-25(2)15-19-29/h4-21,32-34H,3,22-24H2,1-2H3/t32?,33?,34-/m0/s1. The first-order valence-electron chi connectivity index (χ1n) is 14.9. The van der Waals surface area contributed by atoms with Crippen molar-refractivity contribution in [3.63, 3.8) is 0 Å². The highest BCUT2D eigenvalue weighted by atomic mass is 79.9. The van der Waals surface area contributed by atoms with Gasteiger partial charge in [0, 0.05) is 23.0 Å². The molecule has 0 saturated carbocycles. The quantitative estimate of drug-likeness (QED) is 0.191. The molecule has 3 atom stereocenters. The summed E-state index contributed by atoms with van der Waals surface area (Å²) < 4.78 is 68.3. The molecular formula is C35H35BrN2O5S2. The van der Waals surface area contributed by atoms with Crippen molar-refractivity contribution in [2.75, 3.05) is 13.2 Å². The van der Waals surface area contributed by atoms with E-state index in [1.807, 2.05) is 74.5 Å². The molecule has 0 spiro atoms. The van der Waals surface area contributed by atoms with Crippen LogP contribution in [0.4, 0.5) is 0 Å². The van der Waals surface area contributed by atoms with E-state index in [0.717, 1.165) is 21.2 Å². The molecule has 0 aliphatic carbocycles. The molecule has 0 amide bonds. The van der Waals surface area contributed by atoms with Crippen LogP contribution in [0.25, 0.3) is 0 Å². The Morgan fingerprint density at radius 1 is 0.711 bits per heavy atom. The number of hydrogen-bond donors (Lipinski definition) is 0. The lowest BCUT2D eigenvalue weighted by atomic mass is 9.84.